The number of amides is 2. The molecule has 0 bridgehead atoms. The van der Waals surface area contributed by atoms with Gasteiger partial charge in [0, 0.05) is 46.4 Å². The van der Waals surface area contributed by atoms with Gasteiger partial charge in [-0.1, -0.05) is 12.8 Å². The second-order valence-corrected chi connectivity index (χ2v) is 9.18. The van der Waals surface area contributed by atoms with E-state index in [9.17, 15) is 4.79 Å². The highest BCUT2D eigenvalue weighted by atomic mass is 32.2. The molecule has 2 N–H and O–H groups in total. The summed E-state index contributed by atoms with van der Waals surface area (Å²) in [6.45, 7) is 5.84. The number of hydrogen-bond acceptors (Lipinski definition) is 4. The van der Waals surface area contributed by atoms with E-state index in [1.165, 1.54) is 60.0 Å². The fourth-order valence-electron chi connectivity index (χ4n) is 3.73. The summed E-state index contributed by atoms with van der Waals surface area (Å²) in [6.07, 6.45) is 5.03. The van der Waals surface area contributed by atoms with Crippen LogP contribution in [0, 0.1) is 6.92 Å². The van der Waals surface area contributed by atoms with Crippen molar-refractivity contribution in [3.63, 3.8) is 0 Å². The van der Waals surface area contributed by atoms with Crippen LogP contribution in [-0.4, -0.2) is 47.6 Å². The summed E-state index contributed by atoms with van der Waals surface area (Å²) in [7, 11) is 0. The van der Waals surface area contributed by atoms with Crippen LogP contribution in [0.3, 0.4) is 0 Å². The molecule has 0 unspecified atom stereocenters. The van der Waals surface area contributed by atoms with Gasteiger partial charge < -0.3 is 10.6 Å². The van der Waals surface area contributed by atoms with E-state index in [1.54, 1.807) is 11.3 Å². The highest BCUT2D eigenvalue weighted by Crippen LogP contribution is 2.36. The molecule has 2 amide bonds. The van der Waals surface area contributed by atoms with E-state index >= 15 is 0 Å². The molecule has 1 aliphatic heterocycles. The molecule has 3 rings (SSSR count). The molecule has 6 heteroatoms. The summed E-state index contributed by atoms with van der Waals surface area (Å²) in [6, 6.07) is 4.15. The van der Waals surface area contributed by atoms with E-state index < -0.39 is 0 Å². The van der Waals surface area contributed by atoms with Crippen molar-refractivity contribution in [3.05, 3.63) is 21.9 Å². The largest absolute Gasteiger partial charge is 0.336 e. The Balaban J connectivity index is 1.49. The van der Waals surface area contributed by atoms with Crippen molar-refractivity contribution in [2.45, 2.75) is 44.7 Å². The van der Waals surface area contributed by atoms with Crippen LogP contribution < -0.4 is 10.6 Å². The Labute approximate surface area is 147 Å². The molecule has 0 radical (unpaired) electrons. The summed E-state index contributed by atoms with van der Waals surface area (Å²) in [4.78, 5) is 17.3. The predicted molar refractivity (Wildman–Crippen MR) is 99.4 cm³/mol. The molecule has 2 fully saturated rings. The molecule has 4 nitrogen and oxygen atoms in total. The Kier molecular flexibility index (Phi) is 5.88. The van der Waals surface area contributed by atoms with Crippen molar-refractivity contribution >= 4 is 29.1 Å². The van der Waals surface area contributed by atoms with Gasteiger partial charge in [-0.25, -0.2) is 4.79 Å². The number of urea groups is 1. The SMILES string of the molecule is Cc1ccc(CNC(=O)NCC2(N3CCSCC3)CCCC2)s1. The van der Waals surface area contributed by atoms with Crippen LogP contribution >= 0.6 is 23.1 Å². The number of aryl methyl sites for hydroxylation is 1. The monoisotopic (exact) mass is 353 g/mol. The first-order valence-electron chi connectivity index (χ1n) is 8.58. The zero-order valence-corrected chi connectivity index (χ0v) is 15.5. The first-order chi connectivity index (χ1) is 11.2. The molecule has 0 spiro atoms. The van der Waals surface area contributed by atoms with E-state index in [4.69, 9.17) is 0 Å². The van der Waals surface area contributed by atoms with E-state index in [0.29, 0.717) is 6.54 Å². The number of hydrogen-bond donors (Lipinski definition) is 2. The van der Waals surface area contributed by atoms with E-state index in [1.807, 2.05) is 11.8 Å². The van der Waals surface area contributed by atoms with Crippen molar-refractivity contribution in [2.75, 3.05) is 31.1 Å². The Bertz CT molecular complexity index is 520. The van der Waals surface area contributed by atoms with Gasteiger partial charge in [-0.2, -0.15) is 11.8 Å². The van der Waals surface area contributed by atoms with Gasteiger partial charge in [0.05, 0.1) is 6.54 Å². The quantitative estimate of drug-likeness (QED) is 0.854. The Morgan fingerprint density at radius 2 is 1.96 bits per heavy atom. The third-order valence-corrected chi connectivity index (χ3v) is 6.96. The summed E-state index contributed by atoms with van der Waals surface area (Å²) in [5.41, 5.74) is 0.206. The van der Waals surface area contributed by atoms with Crippen molar-refractivity contribution < 1.29 is 4.79 Å². The summed E-state index contributed by atoms with van der Waals surface area (Å²) < 4.78 is 0. The minimum absolute atomic E-state index is 0.0336. The molecule has 2 heterocycles. The van der Waals surface area contributed by atoms with Crippen molar-refractivity contribution in [1.82, 2.24) is 15.5 Å². The van der Waals surface area contributed by atoms with Gasteiger partial charge in [0.1, 0.15) is 0 Å². The maximum Gasteiger partial charge on any atom is 0.315 e. The minimum Gasteiger partial charge on any atom is -0.336 e. The molecule has 1 saturated heterocycles. The molecule has 1 saturated carbocycles. The molecule has 2 aliphatic rings. The second-order valence-electron chi connectivity index (χ2n) is 6.58. The number of rotatable bonds is 5. The van der Waals surface area contributed by atoms with E-state index in [-0.39, 0.29) is 11.6 Å². The van der Waals surface area contributed by atoms with Crippen molar-refractivity contribution in [3.8, 4) is 0 Å². The van der Waals surface area contributed by atoms with Gasteiger partial charge in [-0.3, -0.25) is 4.90 Å². The maximum absolute atomic E-state index is 12.2. The molecule has 0 aromatic carbocycles. The normalized spacial score (nSPS) is 21.3. The second kappa shape index (κ2) is 7.90. The van der Waals surface area contributed by atoms with Crippen LogP contribution in [-0.2, 0) is 6.54 Å². The van der Waals surface area contributed by atoms with Gasteiger partial charge in [0.25, 0.3) is 0 Å². The highest BCUT2D eigenvalue weighted by molar-refractivity contribution is 7.99. The van der Waals surface area contributed by atoms with Gasteiger partial charge in [-0.05, 0) is 31.9 Å². The Hall–Kier alpha value is -0.720. The number of thiophene rings is 1. The lowest BCUT2D eigenvalue weighted by Crippen LogP contribution is -2.57. The number of nitrogens with one attached hydrogen (secondary N) is 2. The number of thioether (sulfide) groups is 1. The number of carbonyl (C=O) groups excluding carboxylic acids is 1. The average Bonchev–Trinajstić information content (AvgIpc) is 3.22. The Morgan fingerprint density at radius 3 is 2.61 bits per heavy atom. The third kappa shape index (κ3) is 4.43. The molecule has 0 atom stereocenters. The first-order valence-corrected chi connectivity index (χ1v) is 10.5. The zero-order valence-electron chi connectivity index (χ0n) is 13.9. The fraction of sp³-hybridized carbons (Fsp3) is 0.706. The average molecular weight is 354 g/mol. The van der Waals surface area contributed by atoms with Crippen LogP contribution in [0.4, 0.5) is 4.79 Å². The van der Waals surface area contributed by atoms with Crippen LogP contribution in [0.5, 0.6) is 0 Å². The zero-order chi connectivity index (χ0) is 16.1. The highest BCUT2D eigenvalue weighted by Gasteiger charge is 2.40. The van der Waals surface area contributed by atoms with Gasteiger partial charge in [0.15, 0.2) is 0 Å². The molecule has 1 aliphatic carbocycles. The molecule has 1 aromatic heterocycles. The van der Waals surface area contributed by atoms with E-state index in [2.05, 4.69) is 34.6 Å². The smallest absolute Gasteiger partial charge is 0.315 e. The standard InChI is InChI=1S/C17H27N3OS2/c1-14-4-5-15(23-14)12-18-16(21)19-13-17(6-2-3-7-17)20-8-10-22-11-9-20/h4-5H,2-3,6-13H2,1H3,(H2,18,19,21). The number of nitrogens with zero attached hydrogens (tertiary/aromatic N) is 1. The lowest BCUT2D eigenvalue weighted by Gasteiger charge is -2.43. The lowest BCUT2D eigenvalue weighted by atomic mass is 9.94. The van der Waals surface area contributed by atoms with Crippen LogP contribution in [0.1, 0.15) is 35.4 Å². The predicted octanol–water partition coefficient (Wildman–Crippen LogP) is 3.22. The fourth-order valence-corrected chi connectivity index (χ4v) is 5.46. The third-order valence-electron chi connectivity index (χ3n) is 5.01. The van der Waals surface area contributed by atoms with E-state index in [0.717, 1.165) is 6.54 Å². The van der Waals surface area contributed by atoms with Gasteiger partial charge in [0.2, 0.25) is 0 Å². The molecule has 23 heavy (non-hydrogen) atoms. The topological polar surface area (TPSA) is 44.4 Å². The maximum atomic E-state index is 12.2. The first kappa shape index (κ1) is 17.1. The Morgan fingerprint density at radius 1 is 1.22 bits per heavy atom. The van der Waals surface area contributed by atoms with Gasteiger partial charge in [-0.15, -0.1) is 11.3 Å². The summed E-state index contributed by atoms with van der Waals surface area (Å²) in [5.74, 6) is 2.46. The van der Waals surface area contributed by atoms with Crippen LogP contribution in [0.25, 0.3) is 0 Å². The van der Waals surface area contributed by atoms with Crippen LogP contribution in [0.15, 0.2) is 12.1 Å². The minimum atomic E-state index is -0.0336. The number of carbonyl (C=O) groups is 1. The summed E-state index contributed by atoms with van der Waals surface area (Å²) in [5, 5.41) is 6.14. The van der Waals surface area contributed by atoms with Crippen molar-refractivity contribution in [2.24, 2.45) is 0 Å². The van der Waals surface area contributed by atoms with Crippen molar-refractivity contribution in [1.29, 1.82) is 0 Å². The van der Waals surface area contributed by atoms with Gasteiger partial charge >= 0.3 is 6.03 Å². The molecular formula is C17H27N3OS2. The summed E-state index contributed by atoms with van der Waals surface area (Å²) >= 11 is 3.79. The molecule has 1 aromatic rings. The van der Waals surface area contributed by atoms with Crippen LogP contribution in [0.2, 0.25) is 0 Å². The lowest BCUT2D eigenvalue weighted by molar-refractivity contribution is 0.104. The molecule has 128 valence electrons. The molecular weight excluding hydrogens is 326 g/mol.